The first-order chi connectivity index (χ1) is 15.0. The van der Waals surface area contributed by atoms with Crippen molar-refractivity contribution in [1.29, 1.82) is 0 Å². The topological polar surface area (TPSA) is 40.6 Å². The van der Waals surface area contributed by atoms with Gasteiger partial charge in [0.05, 0.1) is 16.3 Å². The molecule has 4 nitrogen and oxygen atoms in total. The van der Waals surface area contributed by atoms with Gasteiger partial charge in [-0.2, -0.15) is 0 Å². The molecule has 0 N–H and O–H groups in total. The number of amides is 2. The Hall–Kier alpha value is -3.15. The van der Waals surface area contributed by atoms with E-state index in [0.29, 0.717) is 17.1 Å². The van der Waals surface area contributed by atoms with E-state index in [-0.39, 0.29) is 22.0 Å². The quantitative estimate of drug-likeness (QED) is 0.494. The average molecular weight is 453 g/mol. The number of benzene rings is 3. The minimum atomic E-state index is -0.658. The third-order valence-electron chi connectivity index (χ3n) is 5.51. The minimum absolute atomic E-state index is 0.0948. The number of rotatable bonds is 3. The van der Waals surface area contributed by atoms with Crippen LogP contribution in [0.25, 0.3) is 5.57 Å². The van der Waals surface area contributed by atoms with Gasteiger partial charge in [0.15, 0.2) is 0 Å². The van der Waals surface area contributed by atoms with Crippen LogP contribution in [0.15, 0.2) is 72.4 Å². The summed E-state index contributed by atoms with van der Waals surface area (Å²) >= 11 is 12.5. The van der Waals surface area contributed by atoms with Gasteiger partial charge in [0.2, 0.25) is 0 Å². The Bertz CT molecular complexity index is 1290. The third kappa shape index (κ3) is 3.12. The van der Waals surface area contributed by atoms with Gasteiger partial charge in [-0.1, -0.05) is 59.6 Å². The van der Waals surface area contributed by atoms with E-state index in [0.717, 1.165) is 22.6 Å². The maximum absolute atomic E-state index is 14.6. The molecule has 0 unspecified atom stereocenters. The minimum Gasteiger partial charge on any atom is -0.336 e. The molecule has 0 saturated carbocycles. The van der Waals surface area contributed by atoms with E-state index in [2.05, 4.69) is 0 Å². The van der Waals surface area contributed by atoms with Crippen LogP contribution in [0.4, 0.5) is 15.8 Å². The normalized spacial score (nSPS) is 15.8. The molecule has 3 aromatic rings. The van der Waals surface area contributed by atoms with Crippen molar-refractivity contribution in [1.82, 2.24) is 0 Å². The van der Waals surface area contributed by atoms with Crippen LogP contribution in [0.3, 0.4) is 0 Å². The fourth-order valence-electron chi connectivity index (χ4n) is 4.13. The number of carbonyl (C=O) groups excluding carboxylic acids is 2. The Labute approximate surface area is 188 Å². The smallest absolute Gasteiger partial charge is 0.282 e. The molecular formula is C24H15Cl2FN2O2. The molecule has 0 radical (unpaired) electrons. The van der Waals surface area contributed by atoms with Crippen molar-refractivity contribution in [3.8, 4) is 0 Å². The fourth-order valence-corrected chi connectivity index (χ4v) is 4.63. The van der Waals surface area contributed by atoms with Crippen LogP contribution >= 0.6 is 23.2 Å². The number of hydrogen-bond donors (Lipinski definition) is 0. The van der Waals surface area contributed by atoms with Gasteiger partial charge < -0.3 is 4.90 Å². The molecule has 2 aliphatic heterocycles. The summed E-state index contributed by atoms with van der Waals surface area (Å²) in [6.45, 7) is 0.521. The Morgan fingerprint density at radius 3 is 2.29 bits per heavy atom. The highest BCUT2D eigenvalue weighted by Gasteiger charge is 2.45. The van der Waals surface area contributed by atoms with Crippen molar-refractivity contribution in [2.24, 2.45) is 0 Å². The molecule has 0 atom stereocenters. The van der Waals surface area contributed by atoms with E-state index in [9.17, 15) is 14.0 Å². The lowest BCUT2D eigenvalue weighted by molar-refractivity contribution is -0.120. The molecular weight excluding hydrogens is 438 g/mol. The number of anilines is 2. The zero-order valence-electron chi connectivity index (χ0n) is 16.1. The third-order valence-corrected chi connectivity index (χ3v) is 6.06. The molecule has 0 spiro atoms. The molecule has 31 heavy (non-hydrogen) atoms. The standard InChI is InChI=1S/C24H15Cl2FN2O2/c25-15-9-10-16(17(26)13-15)21-22(28-12-11-14-5-1-3-7-19(14)28)24(31)29(23(21)30)20-8-4-2-6-18(20)27/h1-10,13H,11-12H2. The van der Waals surface area contributed by atoms with Gasteiger partial charge in [-0.15, -0.1) is 0 Å². The van der Waals surface area contributed by atoms with Crippen molar-refractivity contribution in [2.75, 3.05) is 16.3 Å². The molecule has 3 aromatic carbocycles. The summed E-state index contributed by atoms with van der Waals surface area (Å²) in [5.74, 6) is -1.87. The van der Waals surface area contributed by atoms with E-state index in [1.54, 1.807) is 18.2 Å². The second-order valence-electron chi connectivity index (χ2n) is 7.28. The maximum Gasteiger partial charge on any atom is 0.282 e. The van der Waals surface area contributed by atoms with Crippen molar-refractivity contribution in [3.63, 3.8) is 0 Å². The van der Waals surface area contributed by atoms with Crippen molar-refractivity contribution < 1.29 is 14.0 Å². The highest BCUT2D eigenvalue weighted by molar-refractivity contribution is 6.48. The molecule has 2 aliphatic rings. The summed E-state index contributed by atoms with van der Waals surface area (Å²) in [7, 11) is 0. The summed E-state index contributed by atoms with van der Waals surface area (Å²) in [5.41, 5.74) is 2.51. The van der Waals surface area contributed by atoms with Gasteiger partial charge in [-0.25, -0.2) is 9.29 Å². The lowest BCUT2D eigenvalue weighted by Crippen LogP contribution is -2.35. The Balaban J connectivity index is 1.73. The van der Waals surface area contributed by atoms with Gasteiger partial charge >= 0.3 is 0 Å². The average Bonchev–Trinajstić information content (AvgIpc) is 3.27. The maximum atomic E-state index is 14.6. The molecule has 7 heteroatoms. The van der Waals surface area contributed by atoms with Gasteiger partial charge in [0, 0.05) is 22.8 Å². The molecule has 0 aliphatic carbocycles. The Kier molecular flexibility index (Phi) is 4.80. The number of hydrogen-bond acceptors (Lipinski definition) is 3. The summed E-state index contributed by atoms with van der Waals surface area (Å²) in [6, 6.07) is 18.1. The van der Waals surface area contributed by atoms with Gasteiger partial charge in [0.1, 0.15) is 11.5 Å². The first kappa shape index (κ1) is 19.8. The summed E-state index contributed by atoms with van der Waals surface area (Å²) < 4.78 is 14.6. The number of imide groups is 1. The van der Waals surface area contributed by atoms with E-state index in [4.69, 9.17) is 23.2 Å². The number of fused-ring (bicyclic) bond motifs is 1. The predicted octanol–water partition coefficient (Wildman–Crippen LogP) is 5.48. The van der Waals surface area contributed by atoms with Crippen LogP contribution in [0.5, 0.6) is 0 Å². The molecule has 2 heterocycles. The lowest BCUT2D eigenvalue weighted by Gasteiger charge is -2.22. The second kappa shape index (κ2) is 7.52. The molecule has 154 valence electrons. The SMILES string of the molecule is O=C1C(c2ccc(Cl)cc2Cl)=C(N2CCc3ccccc32)C(=O)N1c1ccccc1F. The monoisotopic (exact) mass is 452 g/mol. The van der Waals surface area contributed by atoms with Crippen LogP contribution in [0.2, 0.25) is 10.0 Å². The summed E-state index contributed by atoms with van der Waals surface area (Å²) in [5, 5.41) is 0.647. The van der Waals surface area contributed by atoms with Crippen molar-refractivity contribution in [3.05, 3.63) is 99.4 Å². The fraction of sp³-hybridized carbons (Fsp3) is 0.0833. The molecule has 0 bridgehead atoms. The van der Waals surface area contributed by atoms with E-state index >= 15 is 0 Å². The van der Waals surface area contributed by atoms with Gasteiger partial charge in [0.25, 0.3) is 11.8 Å². The number of para-hydroxylation sites is 2. The van der Waals surface area contributed by atoms with E-state index < -0.39 is 17.6 Å². The van der Waals surface area contributed by atoms with Crippen LogP contribution in [0, 0.1) is 5.82 Å². The number of carbonyl (C=O) groups is 2. The molecule has 2 amide bonds. The Morgan fingerprint density at radius 1 is 0.839 bits per heavy atom. The van der Waals surface area contributed by atoms with Crippen LogP contribution in [0.1, 0.15) is 11.1 Å². The molecule has 5 rings (SSSR count). The van der Waals surface area contributed by atoms with Crippen LogP contribution in [-0.4, -0.2) is 18.4 Å². The molecule has 0 saturated heterocycles. The molecule has 0 aromatic heterocycles. The summed E-state index contributed by atoms with van der Waals surface area (Å²) in [4.78, 5) is 29.8. The summed E-state index contributed by atoms with van der Waals surface area (Å²) in [6.07, 6.45) is 0.725. The van der Waals surface area contributed by atoms with Crippen LogP contribution in [-0.2, 0) is 16.0 Å². The number of halogens is 3. The largest absolute Gasteiger partial charge is 0.336 e. The van der Waals surface area contributed by atoms with Gasteiger partial charge in [-0.3, -0.25) is 9.59 Å². The van der Waals surface area contributed by atoms with E-state index in [1.165, 1.54) is 24.3 Å². The van der Waals surface area contributed by atoms with Crippen molar-refractivity contribution in [2.45, 2.75) is 6.42 Å². The van der Waals surface area contributed by atoms with Gasteiger partial charge in [-0.05, 0) is 42.3 Å². The molecule has 0 fully saturated rings. The van der Waals surface area contributed by atoms with E-state index in [1.807, 2.05) is 29.2 Å². The Morgan fingerprint density at radius 2 is 1.55 bits per heavy atom. The zero-order valence-corrected chi connectivity index (χ0v) is 17.6. The lowest BCUT2D eigenvalue weighted by atomic mass is 10.0. The first-order valence-electron chi connectivity index (χ1n) is 9.66. The first-order valence-corrected chi connectivity index (χ1v) is 10.4. The zero-order chi connectivity index (χ0) is 21.7. The van der Waals surface area contributed by atoms with Crippen molar-refractivity contribution >= 4 is 52.0 Å². The highest BCUT2D eigenvalue weighted by Crippen LogP contribution is 2.42. The highest BCUT2D eigenvalue weighted by atomic mass is 35.5. The second-order valence-corrected chi connectivity index (χ2v) is 8.12. The van der Waals surface area contributed by atoms with Crippen LogP contribution < -0.4 is 9.80 Å². The number of nitrogens with zero attached hydrogens (tertiary/aromatic N) is 2. The predicted molar refractivity (Wildman–Crippen MR) is 120 cm³/mol.